The largest absolute Gasteiger partial charge is 0.493 e. The predicted octanol–water partition coefficient (Wildman–Crippen LogP) is 4.35. The number of nitrogens with two attached hydrogens (primary N) is 1. The first-order valence-corrected chi connectivity index (χ1v) is 7.46. The maximum absolute atomic E-state index is 5.91. The van der Waals surface area contributed by atoms with Gasteiger partial charge in [-0.05, 0) is 24.1 Å². The van der Waals surface area contributed by atoms with E-state index in [1.54, 1.807) is 11.8 Å². The van der Waals surface area contributed by atoms with Gasteiger partial charge in [0.25, 0.3) is 0 Å². The summed E-state index contributed by atoms with van der Waals surface area (Å²) in [6.45, 7) is 2.82. The summed E-state index contributed by atoms with van der Waals surface area (Å²) in [5, 5.41) is 0. The second-order valence-electron chi connectivity index (χ2n) is 4.36. The van der Waals surface area contributed by atoms with Crippen molar-refractivity contribution in [3.8, 4) is 5.75 Å². The number of anilines is 1. The van der Waals surface area contributed by atoms with Gasteiger partial charge in [0.1, 0.15) is 5.75 Å². The third-order valence-corrected chi connectivity index (χ3v) is 3.67. The van der Waals surface area contributed by atoms with Crippen molar-refractivity contribution >= 4 is 17.4 Å². The Kier molecular flexibility index (Phi) is 5.16. The molecule has 0 saturated heterocycles. The Morgan fingerprint density at radius 1 is 1.11 bits per heavy atom. The van der Waals surface area contributed by atoms with Gasteiger partial charge in [-0.15, -0.1) is 11.8 Å². The molecular formula is C16H19NOS. The second kappa shape index (κ2) is 7.10. The Morgan fingerprint density at radius 3 is 2.63 bits per heavy atom. The van der Waals surface area contributed by atoms with Gasteiger partial charge in [0.05, 0.1) is 6.61 Å². The summed E-state index contributed by atoms with van der Waals surface area (Å²) in [5.74, 6) is 1.80. The fourth-order valence-corrected chi connectivity index (χ4v) is 2.67. The van der Waals surface area contributed by atoms with E-state index in [4.69, 9.17) is 10.5 Å². The standard InChI is InChI=1S/C16H19NOS/c1-2-8-18-15-9-14(17)10-16(11-15)19-12-13-6-4-3-5-7-13/h3-7,9-11H,2,8,12,17H2,1H3. The zero-order valence-electron chi connectivity index (χ0n) is 11.1. The summed E-state index contributed by atoms with van der Waals surface area (Å²) in [5.41, 5.74) is 7.97. The van der Waals surface area contributed by atoms with E-state index in [0.29, 0.717) is 0 Å². The van der Waals surface area contributed by atoms with Crippen LogP contribution in [0.4, 0.5) is 5.69 Å². The van der Waals surface area contributed by atoms with Crippen molar-refractivity contribution in [1.29, 1.82) is 0 Å². The van der Waals surface area contributed by atoms with Gasteiger partial charge in [-0.3, -0.25) is 0 Å². The van der Waals surface area contributed by atoms with Crippen molar-refractivity contribution in [3.05, 3.63) is 54.1 Å². The summed E-state index contributed by atoms with van der Waals surface area (Å²) in [6.07, 6.45) is 1.00. The van der Waals surface area contributed by atoms with Crippen molar-refractivity contribution in [3.63, 3.8) is 0 Å². The van der Waals surface area contributed by atoms with Crippen LogP contribution in [0.25, 0.3) is 0 Å². The van der Waals surface area contributed by atoms with E-state index in [9.17, 15) is 0 Å². The van der Waals surface area contributed by atoms with Gasteiger partial charge in [-0.25, -0.2) is 0 Å². The third kappa shape index (κ3) is 4.52. The first-order chi connectivity index (χ1) is 9.28. The van der Waals surface area contributed by atoms with Crippen LogP contribution in [0.3, 0.4) is 0 Å². The lowest BCUT2D eigenvalue weighted by Crippen LogP contribution is -1.96. The quantitative estimate of drug-likeness (QED) is 0.627. The molecule has 0 atom stereocenters. The molecular weight excluding hydrogens is 254 g/mol. The van der Waals surface area contributed by atoms with Crippen LogP contribution >= 0.6 is 11.8 Å². The van der Waals surface area contributed by atoms with Crippen molar-refractivity contribution in [2.75, 3.05) is 12.3 Å². The molecule has 2 aromatic carbocycles. The molecule has 100 valence electrons. The first-order valence-electron chi connectivity index (χ1n) is 6.48. The number of benzene rings is 2. The van der Waals surface area contributed by atoms with Crippen LogP contribution in [0.2, 0.25) is 0 Å². The molecule has 2 rings (SSSR count). The Labute approximate surface area is 119 Å². The van der Waals surface area contributed by atoms with E-state index in [2.05, 4.69) is 37.3 Å². The topological polar surface area (TPSA) is 35.2 Å². The molecule has 2 aromatic rings. The highest BCUT2D eigenvalue weighted by molar-refractivity contribution is 7.98. The molecule has 2 N–H and O–H groups in total. The lowest BCUT2D eigenvalue weighted by Gasteiger charge is -2.08. The van der Waals surface area contributed by atoms with E-state index in [1.165, 1.54) is 5.56 Å². The number of hydrogen-bond donors (Lipinski definition) is 1. The first kappa shape index (κ1) is 13.8. The number of ether oxygens (including phenoxy) is 1. The third-order valence-electron chi connectivity index (χ3n) is 2.62. The minimum atomic E-state index is 0.728. The van der Waals surface area contributed by atoms with Gasteiger partial charge in [0.2, 0.25) is 0 Å². The maximum atomic E-state index is 5.91. The van der Waals surface area contributed by atoms with E-state index in [-0.39, 0.29) is 0 Å². The highest BCUT2D eigenvalue weighted by Gasteiger charge is 2.01. The monoisotopic (exact) mass is 273 g/mol. The molecule has 0 fully saturated rings. The molecule has 0 aliphatic rings. The predicted molar refractivity (Wildman–Crippen MR) is 82.6 cm³/mol. The Balaban J connectivity index is 2.01. The van der Waals surface area contributed by atoms with Crippen molar-refractivity contribution < 1.29 is 4.74 Å². The van der Waals surface area contributed by atoms with Crippen LogP contribution < -0.4 is 10.5 Å². The molecule has 0 amide bonds. The number of rotatable bonds is 6. The van der Waals surface area contributed by atoms with E-state index >= 15 is 0 Å². The van der Waals surface area contributed by atoms with Crippen LogP contribution in [0.1, 0.15) is 18.9 Å². The Morgan fingerprint density at radius 2 is 1.89 bits per heavy atom. The van der Waals surface area contributed by atoms with Crippen molar-refractivity contribution in [2.24, 2.45) is 0 Å². The summed E-state index contributed by atoms with van der Waals surface area (Å²) >= 11 is 1.78. The zero-order valence-corrected chi connectivity index (χ0v) is 12.0. The van der Waals surface area contributed by atoms with Gasteiger partial charge in [0.15, 0.2) is 0 Å². The Hall–Kier alpha value is -1.61. The highest BCUT2D eigenvalue weighted by atomic mass is 32.2. The van der Waals surface area contributed by atoms with Gasteiger partial charge in [0, 0.05) is 22.4 Å². The molecule has 0 aliphatic heterocycles. The minimum Gasteiger partial charge on any atom is -0.493 e. The molecule has 2 nitrogen and oxygen atoms in total. The Bertz CT molecular complexity index is 513. The molecule has 0 saturated carbocycles. The van der Waals surface area contributed by atoms with E-state index in [0.717, 1.165) is 35.1 Å². The number of hydrogen-bond acceptors (Lipinski definition) is 3. The molecule has 0 heterocycles. The summed E-state index contributed by atoms with van der Waals surface area (Å²) in [6, 6.07) is 16.3. The van der Waals surface area contributed by atoms with Crippen LogP contribution in [-0.2, 0) is 5.75 Å². The van der Waals surface area contributed by atoms with Crippen molar-refractivity contribution in [2.45, 2.75) is 24.0 Å². The summed E-state index contributed by atoms with van der Waals surface area (Å²) < 4.78 is 5.64. The molecule has 3 heteroatoms. The van der Waals surface area contributed by atoms with Crippen LogP contribution in [0, 0.1) is 0 Å². The fraction of sp³-hybridized carbons (Fsp3) is 0.250. The summed E-state index contributed by atoms with van der Waals surface area (Å²) in [7, 11) is 0. The average Bonchev–Trinajstić information content (AvgIpc) is 2.43. The van der Waals surface area contributed by atoms with E-state index < -0.39 is 0 Å². The average molecular weight is 273 g/mol. The summed E-state index contributed by atoms with van der Waals surface area (Å²) in [4.78, 5) is 1.15. The van der Waals surface area contributed by atoms with Crippen LogP contribution in [0.15, 0.2) is 53.4 Å². The van der Waals surface area contributed by atoms with Crippen molar-refractivity contribution in [1.82, 2.24) is 0 Å². The number of thioether (sulfide) groups is 1. The molecule has 0 unspecified atom stereocenters. The van der Waals surface area contributed by atoms with Gasteiger partial charge < -0.3 is 10.5 Å². The molecule has 19 heavy (non-hydrogen) atoms. The van der Waals surface area contributed by atoms with Crippen LogP contribution in [-0.4, -0.2) is 6.61 Å². The van der Waals surface area contributed by atoms with Gasteiger partial charge in [-0.1, -0.05) is 37.3 Å². The maximum Gasteiger partial charge on any atom is 0.122 e. The lowest BCUT2D eigenvalue weighted by atomic mass is 10.2. The van der Waals surface area contributed by atoms with Crippen LogP contribution in [0.5, 0.6) is 5.75 Å². The zero-order chi connectivity index (χ0) is 13.5. The molecule has 0 bridgehead atoms. The SMILES string of the molecule is CCCOc1cc(N)cc(SCc2ccccc2)c1. The van der Waals surface area contributed by atoms with E-state index in [1.807, 2.05) is 18.2 Å². The van der Waals surface area contributed by atoms with Gasteiger partial charge >= 0.3 is 0 Å². The smallest absolute Gasteiger partial charge is 0.122 e. The molecule has 0 aliphatic carbocycles. The normalized spacial score (nSPS) is 10.4. The van der Waals surface area contributed by atoms with Gasteiger partial charge in [-0.2, -0.15) is 0 Å². The number of nitrogen functional groups attached to an aromatic ring is 1. The lowest BCUT2D eigenvalue weighted by molar-refractivity contribution is 0.317. The minimum absolute atomic E-state index is 0.728. The second-order valence-corrected chi connectivity index (χ2v) is 5.41. The molecule has 0 radical (unpaired) electrons. The molecule has 0 spiro atoms. The highest BCUT2D eigenvalue weighted by Crippen LogP contribution is 2.29. The fourth-order valence-electron chi connectivity index (χ4n) is 1.72. The molecule has 0 aromatic heterocycles.